The predicted molar refractivity (Wildman–Crippen MR) is 144 cm³/mol. The van der Waals surface area contributed by atoms with Crippen molar-refractivity contribution < 1.29 is 0 Å². The Morgan fingerprint density at radius 3 is 2.61 bits per heavy atom. The Labute approximate surface area is 211 Å². The molecule has 8 heteroatoms. The van der Waals surface area contributed by atoms with E-state index in [0.29, 0.717) is 17.0 Å². The Hall–Kier alpha value is -3.52. The molecule has 0 atom stereocenters. The molecule has 188 valence electrons. The molecule has 0 amide bonds. The third kappa shape index (κ3) is 4.19. The standard InChI is InChI=1S/C28H35N7O/c1-17(2)34-25(36)21-15-31-26(32-19-8-9-22-18(12-19)14-29-16-28(22,6)7)33-24(21)35(34)20-10-11-30-23(13-20)27(3,4)5/h8-13,15,17,29H,14,16H2,1-7H3,(H,31,32,33). The molecule has 1 aliphatic rings. The largest absolute Gasteiger partial charge is 0.324 e. The van der Waals surface area contributed by atoms with Crippen molar-refractivity contribution in [2.24, 2.45) is 0 Å². The molecule has 0 unspecified atom stereocenters. The van der Waals surface area contributed by atoms with Crippen molar-refractivity contribution in [1.29, 1.82) is 0 Å². The number of hydrogen-bond donors (Lipinski definition) is 2. The highest BCUT2D eigenvalue weighted by Gasteiger charge is 2.27. The van der Waals surface area contributed by atoms with E-state index >= 15 is 0 Å². The van der Waals surface area contributed by atoms with Gasteiger partial charge in [-0.2, -0.15) is 4.98 Å². The summed E-state index contributed by atoms with van der Waals surface area (Å²) in [6, 6.07) is 10.3. The van der Waals surface area contributed by atoms with Crippen molar-refractivity contribution in [3.63, 3.8) is 0 Å². The average Bonchev–Trinajstić information content (AvgIpc) is 3.10. The quantitative estimate of drug-likeness (QED) is 0.424. The van der Waals surface area contributed by atoms with Crippen LogP contribution in [0.25, 0.3) is 16.7 Å². The van der Waals surface area contributed by atoms with Crippen LogP contribution in [0.1, 0.15) is 71.3 Å². The average molecular weight is 486 g/mol. The number of fused-ring (bicyclic) bond motifs is 2. The van der Waals surface area contributed by atoms with Crippen LogP contribution in [0.2, 0.25) is 0 Å². The number of nitrogens with zero attached hydrogens (tertiary/aromatic N) is 5. The normalized spacial score (nSPS) is 15.3. The third-order valence-corrected chi connectivity index (χ3v) is 6.84. The Morgan fingerprint density at radius 1 is 1.11 bits per heavy atom. The van der Waals surface area contributed by atoms with Gasteiger partial charge in [0.15, 0.2) is 5.65 Å². The zero-order chi connectivity index (χ0) is 25.8. The highest BCUT2D eigenvalue weighted by atomic mass is 16.1. The second kappa shape index (κ2) is 8.55. The van der Waals surface area contributed by atoms with E-state index in [9.17, 15) is 4.79 Å². The van der Waals surface area contributed by atoms with Crippen molar-refractivity contribution in [3.8, 4) is 5.69 Å². The predicted octanol–water partition coefficient (Wildman–Crippen LogP) is 4.98. The van der Waals surface area contributed by atoms with Gasteiger partial charge in [-0.1, -0.05) is 40.7 Å². The van der Waals surface area contributed by atoms with Gasteiger partial charge in [0.05, 0.1) is 5.69 Å². The van der Waals surface area contributed by atoms with E-state index in [4.69, 9.17) is 4.98 Å². The molecule has 0 spiro atoms. The van der Waals surface area contributed by atoms with Crippen molar-refractivity contribution in [1.82, 2.24) is 29.6 Å². The van der Waals surface area contributed by atoms with Crippen LogP contribution in [0.4, 0.5) is 11.6 Å². The summed E-state index contributed by atoms with van der Waals surface area (Å²) >= 11 is 0. The van der Waals surface area contributed by atoms with E-state index in [1.54, 1.807) is 17.1 Å². The van der Waals surface area contributed by atoms with Crippen LogP contribution in [0.15, 0.2) is 47.5 Å². The molecule has 0 radical (unpaired) electrons. The Balaban J connectivity index is 1.61. The molecular weight excluding hydrogens is 450 g/mol. The van der Waals surface area contributed by atoms with E-state index in [-0.39, 0.29) is 22.4 Å². The highest BCUT2D eigenvalue weighted by Crippen LogP contribution is 2.32. The fourth-order valence-electron chi connectivity index (χ4n) is 4.95. The lowest BCUT2D eigenvalue weighted by molar-refractivity contribution is 0.435. The van der Waals surface area contributed by atoms with E-state index in [1.165, 1.54) is 11.1 Å². The minimum Gasteiger partial charge on any atom is -0.324 e. The molecule has 2 N–H and O–H groups in total. The topological polar surface area (TPSA) is 89.7 Å². The molecule has 4 heterocycles. The van der Waals surface area contributed by atoms with Gasteiger partial charge in [0.1, 0.15) is 5.39 Å². The Bertz CT molecular complexity index is 1500. The molecule has 1 aromatic carbocycles. The summed E-state index contributed by atoms with van der Waals surface area (Å²) < 4.78 is 3.63. The fourth-order valence-corrected chi connectivity index (χ4v) is 4.95. The molecule has 8 nitrogen and oxygen atoms in total. The van der Waals surface area contributed by atoms with Gasteiger partial charge in [-0.25, -0.2) is 14.3 Å². The first kappa shape index (κ1) is 24.2. The number of aromatic nitrogens is 5. The van der Waals surface area contributed by atoms with Crippen molar-refractivity contribution >= 4 is 22.7 Å². The number of pyridine rings is 1. The van der Waals surface area contributed by atoms with Gasteiger partial charge >= 0.3 is 0 Å². The molecule has 0 bridgehead atoms. The van der Waals surface area contributed by atoms with E-state index in [1.807, 2.05) is 30.7 Å². The van der Waals surface area contributed by atoms with Crippen LogP contribution in [0.3, 0.4) is 0 Å². The van der Waals surface area contributed by atoms with Gasteiger partial charge in [0.25, 0.3) is 5.56 Å². The molecule has 0 saturated heterocycles. The first-order valence-electron chi connectivity index (χ1n) is 12.5. The van der Waals surface area contributed by atoms with Gasteiger partial charge in [0.2, 0.25) is 5.95 Å². The van der Waals surface area contributed by atoms with Crippen LogP contribution in [-0.2, 0) is 17.4 Å². The summed E-state index contributed by atoms with van der Waals surface area (Å²) in [5, 5.41) is 7.35. The first-order valence-corrected chi connectivity index (χ1v) is 12.5. The van der Waals surface area contributed by atoms with Gasteiger partial charge in [-0.05, 0) is 49.2 Å². The third-order valence-electron chi connectivity index (χ3n) is 6.84. The number of anilines is 2. The fraction of sp³-hybridized carbons (Fsp3) is 0.429. The zero-order valence-electron chi connectivity index (χ0n) is 22.2. The van der Waals surface area contributed by atoms with Crippen LogP contribution >= 0.6 is 0 Å². The molecule has 0 saturated carbocycles. The Kier molecular flexibility index (Phi) is 5.75. The smallest absolute Gasteiger partial charge is 0.278 e. The highest BCUT2D eigenvalue weighted by molar-refractivity contribution is 5.77. The van der Waals surface area contributed by atoms with Crippen LogP contribution in [0, 0.1) is 0 Å². The minimum absolute atomic E-state index is 0.0640. The summed E-state index contributed by atoms with van der Waals surface area (Å²) in [4.78, 5) is 27.2. The van der Waals surface area contributed by atoms with Gasteiger partial charge in [-0.3, -0.25) is 9.78 Å². The van der Waals surface area contributed by atoms with Crippen molar-refractivity contribution in [3.05, 3.63) is 69.9 Å². The van der Waals surface area contributed by atoms with Crippen LogP contribution < -0.4 is 16.2 Å². The molecule has 0 aliphatic carbocycles. The first-order chi connectivity index (χ1) is 17.0. The summed E-state index contributed by atoms with van der Waals surface area (Å²) in [7, 11) is 0. The summed E-state index contributed by atoms with van der Waals surface area (Å²) in [5.41, 5.74) is 5.77. The molecule has 0 fully saturated rings. The Morgan fingerprint density at radius 2 is 1.89 bits per heavy atom. The van der Waals surface area contributed by atoms with Gasteiger partial charge in [0, 0.05) is 53.7 Å². The molecule has 1 aliphatic heterocycles. The SMILES string of the molecule is CC(C)n1c(=O)c2cnc(Nc3ccc4c(c3)CNCC4(C)C)nc2n1-c1ccnc(C(C)(C)C)c1. The van der Waals surface area contributed by atoms with Crippen LogP contribution in [0.5, 0.6) is 0 Å². The molecule has 3 aromatic heterocycles. The molecule has 4 aromatic rings. The zero-order valence-corrected chi connectivity index (χ0v) is 22.2. The second-order valence-corrected chi connectivity index (χ2v) is 11.6. The van der Waals surface area contributed by atoms with Crippen molar-refractivity contribution in [2.75, 3.05) is 11.9 Å². The number of rotatable bonds is 4. The van der Waals surface area contributed by atoms with E-state index in [0.717, 1.165) is 30.2 Å². The summed E-state index contributed by atoms with van der Waals surface area (Å²) in [5.74, 6) is 0.449. The lowest BCUT2D eigenvalue weighted by Crippen LogP contribution is -2.38. The number of benzene rings is 1. The number of nitrogens with one attached hydrogen (secondary N) is 2. The molecule has 36 heavy (non-hydrogen) atoms. The molecular formula is C28H35N7O. The summed E-state index contributed by atoms with van der Waals surface area (Å²) in [6.45, 7) is 16.7. The van der Waals surface area contributed by atoms with Gasteiger partial charge < -0.3 is 10.6 Å². The van der Waals surface area contributed by atoms with E-state index < -0.39 is 0 Å². The van der Waals surface area contributed by atoms with Gasteiger partial charge in [-0.15, -0.1) is 0 Å². The maximum absolute atomic E-state index is 13.4. The lowest BCUT2D eigenvalue weighted by atomic mass is 9.79. The van der Waals surface area contributed by atoms with E-state index in [2.05, 4.69) is 73.4 Å². The maximum atomic E-state index is 13.4. The van der Waals surface area contributed by atoms with Crippen molar-refractivity contribution in [2.45, 2.75) is 71.9 Å². The summed E-state index contributed by atoms with van der Waals surface area (Å²) in [6.07, 6.45) is 3.41. The second-order valence-electron chi connectivity index (χ2n) is 11.6. The monoisotopic (exact) mass is 485 g/mol. The minimum atomic E-state index is -0.126. The molecule has 5 rings (SSSR count). The maximum Gasteiger partial charge on any atom is 0.278 e. The van der Waals surface area contributed by atoms with Crippen LogP contribution in [-0.4, -0.2) is 30.9 Å². The lowest BCUT2D eigenvalue weighted by Gasteiger charge is -2.33. The number of hydrogen-bond acceptors (Lipinski definition) is 6.